The molecule has 0 saturated carbocycles. The fraction of sp³-hybridized carbons (Fsp3) is 0.455. The number of rotatable bonds is 1. The summed E-state index contributed by atoms with van der Waals surface area (Å²) in [5.41, 5.74) is 1.67. The zero-order chi connectivity index (χ0) is 9.31. The number of benzene rings is 1. The van der Waals surface area contributed by atoms with Crippen LogP contribution in [0.3, 0.4) is 0 Å². The van der Waals surface area contributed by atoms with Crippen molar-refractivity contribution in [2.24, 2.45) is 0 Å². The highest BCUT2D eigenvalue weighted by molar-refractivity contribution is 7.99. The molecule has 0 aromatic heterocycles. The number of thioether (sulfide) groups is 1. The van der Waals surface area contributed by atoms with E-state index in [1.807, 2.05) is 11.8 Å². The van der Waals surface area contributed by atoms with Gasteiger partial charge in [-0.1, -0.05) is 30.3 Å². The van der Waals surface area contributed by atoms with Gasteiger partial charge in [-0.3, -0.25) is 5.32 Å². The van der Waals surface area contributed by atoms with Crippen molar-refractivity contribution in [1.29, 1.82) is 0 Å². The van der Waals surface area contributed by atoms with E-state index in [-0.39, 0.29) is 5.54 Å². The standard InChI is InChI=1S/C11H15NS/c1-11(2)8-13-10(12-11)9-6-4-3-5-7-9/h3-7,10,12H,8H2,1-2H3. The van der Waals surface area contributed by atoms with Gasteiger partial charge in [-0.15, -0.1) is 11.8 Å². The van der Waals surface area contributed by atoms with Gasteiger partial charge in [0, 0.05) is 11.3 Å². The molecular weight excluding hydrogens is 178 g/mol. The van der Waals surface area contributed by atoms with Gasteiger partial charge in [-0.25, -0.2) is 0 Å². The minimum absolute atomic E-state index is 0.283. The molecular formula is C11H15NS. The molecule has 1 aliphatic rings. The highest BCUT2D eigenvalue weighted by Gasteiger charge is 2.30. The van der Waals surface area contributed by atoms with E-state index >= 15 is 0 Å². The zero-order valence-electron chi connectivity index (χ0n) is 8.08. The predicted molar refractivity (Wildman–Crippen MR) is 58.9 cm³/mol. The Morgan fingerprint density at radius 3 is 2.54 bits per heavy atom. The van der Waals surface area contributed by atoms with Gasteiger partial charge in [0.1, 0.15) is 0 Å². The van der Waals surface area contributed by atoms with Crippen molar-refractivity contribution in [3.8, 4) is 0 Å². The third kappa shape index (κ3) is 2.06. The third-order valence-corrected chi connectivity index (χ3v) is 3.85. The van der Waals surface area contributed by atoms with Crippen LogP contribution >= 0.6 is 11.8 Å². The van der Waals surface area contributed by atoms with Crippen LogP contribution in [0.1, 0.15) is 24.8 Å². The second-order valence-corrected chi connectivity index (χ2v) is 5.22. The van der Waals surface area contributed by atoms with Crippen LogP contribution in [0, 0.1) is 0 Å². The smallest absolute Gasteiger partial charge is 0.0794 e. The molecule has 0 bridgehead atoms. The molecule has 0 radical (unpaired) electrons. The van der Waals surface area contributed by atoms with Crippen molar-refractivity contribution < 1.29 is 0 Å². The van der Waals surface area contributed by atoms with Gasteiger partial charge in [-0.05, 0) is 19.4 Å². The molecule has 0 spiro atoms. The molecule has 0 amide bonds. The van der Waals surface area contributed by atoms with Gasteiger partial charge >= 0.3 is 0 Å². The first-order valence-corrected chi connectivity index (χ1v) is 5.66. The topological polar surface area (TPSA) is 12.0 Å². The highest BCUT2D eigenvalue weighted by atomic mass is 32.2. The highest BCUT2D eigenvalue weighted by Crippen LogP contribution is 2.36. The lowest BCUT2D eigenvalue weighted by atomic mass is 10.1. The van der Waals surface area contributed by atoms with Crippen molar-refractivity contribution >= 4 is 11.8 Å². The number of nitrogens with one attached hydrogen (secondary N) is 1. The van der Waals surface area contributed by atoms with E-state index in [2.05, 4.69) is 49.5 Å². The van der Waals surface area contributed by atoms with E-state index in [1.54, 1.807) is 0 Å². The van der Waals surface area contributed by atoms with Gasteiger partial charge in [0.25, 0.3) is 0 Å². The van der Waals surface area contributed by atoms with Crippen molar-refractivity contribution in [2.75, 3.05) is 5.75 Å². The summed E-state index contributed by atoms with van der Waals surface area (Å²) in [5.74, 6) is 1.19. The van der Waals surface area contributed by atoms with E-state index in [9.17, 15) is 0 Å². The van der Waals surface area contributed by atoms with E-state index in [1.165, 1.54) is 11.3 Å². The van der Waals surface area contributed by atoms with Gasteiger partial charge in [0.15, 0.2) is 0 Å². The predicted octanol–water partition coefficient (Wildman–Crippen LogP) is 2.80. The first kappa shape index (κ1) is 9.10. The molecule has 70 valence electrons. The Morgan fingerprint density at radius 2 is 2.00 bits per heavy atom. The van der Waals surface area contributed by atoms with E-state index in [0.717, 1.165) is 0 Å². The molecule has 1 fully saturated rings. The first-order valence-electron chi connectivity index (χ1n) is 4.62. The lowest BCUT2D eigenvalue weighted by Gasteiger charge is -2.18. The van der Waals surface area contributed by atoms with E-state index in [4.69, 9.17) is 0 Å². The molecule has 1 unspecified atom stereocenters. The minimum atomic E-state index is 0.283. The van der Waals surface area contributed by atoms with Crippen LogP contribution in [0.2, 0.25) is 0 Å². The molecule has 0 aliphatic carbocycles. The molecule has 1 aliphatic heterocycles. The van der Waals surface area contributed by atoms with Crippen LogP contribution in [0.25, 0.3) is 0 Å². The minimum Gasteiger partial charge on any atom is -0.296 e. The maximum Gasteiger partial charge on any atom is 0.0794 e. The van der Waals surface area contributed by atoms with Crippen LogP contribution in [0.5, 0.6) is 0 Å². The van der Waals surface area contributed by atoms with Crippen LogP contribution in [0.15, 0.2) is 30.3 Å². The Balaban J connectivity index is 2.13. The van der Waals surface area contributed by atoms with Gasteiger partial charge < -0.3 is 0 Å². The molecule has 1 nitrogen and oxygen atoms in total. The summed E-state index contributed by atoms with van der Waals surface area (Å²) in [4.78, 5) is 0. The SMILES string of the molecule is CC1(C)CSC(c2ccccc2)N1. The van der Waals surface area contributed by atoms with Crippen molar-refractivity contribution in [3.63, 3.8) is 0 Å². The molecule has 1 atom stereocenters. The summed E-state index contributed by atoms with van der Waals surface area (Å²) in [6.45, 7) is 4.51. The molecule has 2 heteroatoms. The third-order valence-electron chi connectivity index (χ3n) is 2.23. The largest absolute Gasteiger partial charge is 0.296 e. The van der Waals surface area contributed by atoms with Crippen molar-refractivity contribution in [2.45, 2.75) is 24.8 Å². The Hall–Kier alpha value is -0.470. The first-order chi connectivity index (χ1) is 6.17. The lowest BCUT2D eigenvalue weighted by molar-refractivity contribution is 0.452. The van der Waals surface area contributed by atoms with Crippen LogP contribution in [0.4, 0.5) is 0 Å². The van der Waals surface area contributed by atoms with Gasteiger partial charge in [-0.2, -0.15) is 0 Å². The molecule has 1 heterocycles. The summed E-state index contributed by atoms with van der Waals surface area (Å²) >= 11 is 1.99. The molecule has 1 aromatic carbocycles. The van der Waals surface area contributed by atoms with Crippen LogP contribution in [-0.2, 0) is 0 Å². The summed E-state index contributed by atoms with van der Waals surface area (Å²) in [6.07, 6.45) is 0. The summed E-state index contributed by atoms with van der Waals surface area (Å²) < 4.78 is 0. The van der Waals surface area contributed by atoms with E-state index < -0.39 is 0 Å². The van der Waals surface area contributed by atoms with Gasteiger partial charge in [0.2, 0.25) is 0 Å². The van der Waals surface area contributed by atoms with Crippen molar-refractivity contribution in [3.05, 3.63) is 35.9 Å². The Labute approximate surface area is 83.9 Å². The summed E-state index contributed by atoms with van der Waals surface area (Å²) in [6, 6.07) is 10.6. The molecule has 1 aromatic rings. The zero-order valence-corrected chi connectivity index (χ0v) is 8.90. The maximum absolute atomic E-state index is 3.61. The average molecular weight is 193 g/mol. The quantitative estimate of drug-likeness (QED) is 0.736. The monoisotopic (exact) mass is 193 g/mol. The average Bonchev–Trinajstić information content (AvgIpc) is 2.48. The van der Waals surface area contributed by atoms with Gasteiger partial charge in [0.05, 0.1) is 5.37 Å². The number of hydrogen-bond donors (Lipinski definition) is 1. The van der Waals surface area contributed by atoms with Crippen LogP contribution in [-0.4, -0.2) is 11.3 Å². The second kappa shape index (κ2) is 3.35. The Morgan fingerprint density at radius 1 is 1.31 bits per heavy atom. The van der Waals surface area contributed by atoms with Crippen molar-refractivity contribution in [1.82, 2.24) is 5.32 Å². The lowest BCUT2D eigenvalue weighted by Crippen LogP contribution is -2.35. The summed E-state index contributed by atoms with van der Waals surface area (Å²) in [5, 5.41) is 4.09. The Bertz CT molecular complexity index is 281. The fourth-order valence-corrected chi connectivity index (χ4v) is 2.96. The molecule has 13 heavy (non-hydrogen) atoms. The molecule has 1 saturated heterocycles. The maximum atomic E-state index is 3.61. The summed E-state index contributed by atoms with van der Waals surface area (Å²) in [7, 11) is 0. The van der Waals surface area contributed by atoms with Crippen LogP contribution < -0.4 is 5.32 Å². The molecule has 2 rings (SSSR count). The Kier molecular flexibility index (Phi) is 2.35. The van der Waals surface area contributed by atoms with E-state index in [0.29, 0.717) is 5.37 Å². The normalized spacial score (nSPS) is 26.2. The molecule has 1 N–H and O–H groups in total. The second-order valence-electron chi connectivity index (χ2n) is 4.13. The number of hydrogen-bond acceptors (Lipinski definition) is 2. The fourth-order valence-electron chi connectivity index (χ4n) is 1.54.